The van der Waals surface area contributed by atoms with Crippen LogP contribution >= 0.6 is 0 Å². The summed E-state index contributed by atoms with van der Waals surface area (Å²) < 4.78 is 0. The van der Waals surface area contributed by atoms with Crippen molar-refractivity contribution in [2.24, 2.45) is 0 Å². The second kappa shape index (κ2) is 7.16. The molecular weight excluding hydrogens is 238 g/mol. The molecule has 19 heavy (non-hydrogen) atoms. The lowest BCUT2D eigenvalue weighted by molar-refractivity contribution is -0.121. The van der Waals surface area contributed by atoms with Crippen molar-refractivity contribution in [1.82, 2.24) is 10.3 Å². The van der Waals surface area contributed by atoms with Gasteiger partial charge in [0.1, 0.15) is 0 Å². The quantitative estimate of drug-likeness (QED) is 0.832. The molecule has 0 saturated carbocycles. The first-order valence-corrected chi connectivity index (χ1v) is 6.30. The summed E-state index contributed by atoms with van der Waals surface area (Å²) in [7, 11) is 0. The van der Waals surface area contributed by atoms with Crippen LogP contribution in [0.1, 0.15) is 12.1 Å². The van der Waals surface area contributed by atoms with Gasteiger partial charge in [0, 0.05) is 24.8 Å². The van der Waals surface area contributed by atoms with Gasteiger partial charge in [-0.15, -0.1) is 0 Å². The summed E-state index contributed by atoms with van der Waals surface area (Å²) in [5.41, 5.74) is 1.90. The highest BCUT2D eigenvalue weighted by Gasteiger charge is 2.01. The van der Waals surface area contributed by atoms with E-state index < -0.39 is 0 Å². The van der Waals surface area contributed by atoms with E-state index in [1.807, 2.05) is 48.5 Å². The first-order chi connectivity index (χ1) is 9.34. The predicted octanol–water partition coefficient (Wildman–Crippen LogP) is 2.20. The van der Waals surface area contributed by atoms with Crippen molar-refractivity contribution in [3.63, 3.8) is 0 Å². The molecular formula is C15H17N3O. The summed E-state index contributed by atoms with van der Waals surface area (Å²) in [6, 6.07) is 15.5. The minimum Gasteiger partial charge on any atom is -0.385 e. The molecule has 0 spiro atoms. The van der Waals surface area contributed by atoms with Gasteiger partial charge in [0.05, 0.1) is 12.2 Å². The Kier molecular flexibility index (Phi) is 4.93. The fourth-order valence-electron chi connectivity index (χ4n) is 1.66. The fraction of sp³-hybridized carbons (Fsp3) is 0.200. The Morgan fingerprint density at radius 1 is 1.05 bits per heavy atom. The lowest BCUT2D eigenvalue weighted by atomic mass is 10.3. The average molecular weight is 255 g/mol. The third-order valence-electron chi connectivity index (χ3n) is 2.65. The highest BCUT2D eigenvalue weighted by molar-refractivity contribution is 5.76. The van der Waals surface area contributed by atoms with Gasteiger partial charge < -0.3 is 10.6 Å². The largest absolute Gasteiger partial charge is 0.385 e. The summed E-state index contributed by atoms with van der Waals surface area (Å²) in [6.45, 7) is 1.10. The molecule has 0 radical (unpaired) electrons. The molecule has 2 rings (SSSR count). The molecule has 2 aromatic rings. The number of carbonyl (C=O) groups is 1. The Balaban J connectivity index is 1.65. The first kappa shape index (κ1) is 13.1. The Morgan fingerprint density at radius 3 is 2.58 bits per heavy atom. The van der Waals surface area contributed by atoms with E-state index in [9.17, 15) is 4.79 Å². The summed E-state index contributed by atoms with van der Waals surface area (Å²) in [6.07, 6.45) is 2.17. The number of benzene rings is 1. The summed E-state index contributed by atoms with van der Waals surface area (Å²) in [5, 5.41) is 6.04. The predicted molar refractivity (Wildman–Crippen MR) is 75.6 cm³/mol. The lowest BCUT2D eigenvalue weighted by Crippen LogP contribution is -2.25. The van der Waals surface area contributed by atoms with Crippen molar-refractivity contribution >= 4 is 11.6 Å². The van der Waals surface area contributed by atoms with Crippen LogP contribution in [-0.2, 0) is 11.3 Å². The van der Waals surface area contributed by atoms with Gasteiger partial charge in [-0.25, -0.2) is 0 Å². The fourth-order valence-corrected chi connectivity index (χ4v) is 1.66. The summed E-state index contributed by atoms with van der Waals surface area (Å²) in [4.78, 5) is 15.8. The topological polar surface area (TPSA) is 54.0 Å². The molecule has 0 atom stereocenters. The van der Waals surface area contributed by atoms with E-state index in [2.05, 4.69) is 15.6 Å². The number of para-hydroxylation sites is 1. The Hall–Kier alpha value is -2.36. The highest BCUT2D eigenvalue weighted by Crippen LogP contribution is 2.04. The van der Waals surface area contributed by atoms with E-state index in [0.29, 0.717) is 19.5 Å². The van der Waals surface area contributed by atoms with Crippen molar-refractivity contribution in [2.75, 3.05) is 11.9 Å². The van der Waals surface area contributed by atoms with Gasteiger partial charge in [0.15, 0.2) is 0 Å². The van der Waals surface area contributed by atoms with E-state index in [4.69, 9.17) is 0 Å². The van der Waals surface area contributed by atoms with Crippen LogP contribution in [0.15, 0.2) is 54.7 Å². The van der Waals surface area contributed by atoms with Gasteiger partial charge in [-0.3, -0.25) is 9.78 Å². The summed E-state index contributed by atoms with van der Waals surface area (Å²) in [5.74, 6) is 0.0223. The number of amides is 1. The lowest BCUT2D eigenvalue weighted by Gasteiger charge is -2.07. The smallest absolute Gasteiger partial charge is 0.222 e. The molecule has 0 saturated heterocycles. The highest BCUT2D eigenvalue weighted by atomic mass is 16.1. The van der Waals surface area contributed by atoms with Gasteiger partial charge in [-0.05, 0) is 24.3 Å². The molecule has 4 heteroatoms. The Labute approximate surface area is 112 Å². The van der Waals surface area contributed by atoms with Crippen LogP contribution in [0.25, 0.3) is 0 Å². The SMILES string of the molecule is O=C(CCNc1ccccc1)NCc1ccccn1. The van der Waals surface area contributed by atoms with Crippen molar-refractivity contribution in [2.45, 2.75) is 13.0 Å². The van der Waals surface area contributed by atoms with Crippen molar-refractivity contribution < 1.29 is 4.79 Å². The number of pyridine rings is 1. The Bertz CT molecular complexity index is 499. The molecule has 0 unspecified atom stereocenters. The number of nitrogens with zero attached hydrogens (tertiary/aromatic N) is 1. The van der Waals surface area contributed by atoms with Crippen LogP contribution < -0.4 is 10.6 Å². The zero-order valence-electron chi connectivity index (χ0n) is 10.7. The Morgan fingerprint density at radius 2 is 1.84 bits per heavy atom. The van der Waals surface area contributed by atoms with Crippen LogP contribution in [0.3, 0.4) is 0 Å². The number of aromatic nitrogens is 1. The third-order valence-corrected chi connectivity index (χ3v) is 2.65. The monoisotopic (exact) mass is 255 g/mol. The van der Waals surface area contributed by atoms with Crippen molar-refractivity contribution in [3.8, 4) is 0 Å². The minimum atomic E-state index is 0.0223. The van der Waals surface area contributed by atoms with E-state index in [-0.39, 0.29) is 5.91 Å². The van der Waals surface area contributed by atoms with E-state index in [1.165, 1.54) is 0 Å². The number of hydrogen-bond acceptors (Lipinski definition) is 3. The second-order valence-corrected chi connectivity index (χ2v) is 4.14. The van der Waals surface area contributed by atoms with Crippen LogP contribution in [-0.4, -0.2) is 17.4 Å². The minimum absolute atomic E-state index is 0.0223. The first-order valence-electron chi connectivity index (χ1n) is 6.30. The molecule has 0 aliphatic carbocycles. The average Bonchev–Trinajstić information content (AvgIpc) is 2.47. The van der Waals surface area contributed by atoms with E-state index in [1.54, 1.807) is 6.20 Å². The molecule has 2 N–H and O–H groups in total. The molecule has 0 aliphatic rings. The maximum absolute atomic E-state index is 11.6. The van der Waals surface area contributed by atoms with Gasteiger partial charge in [0.2, 0.25) is 5.91 Å². The van der Waals surface area contributed by atoms with Gasteiger partial charge in [-0.2, -0.15) is 0 Å². The van der Waals surface area contributed by atoms with E-state index in [0.717, 1.165) is 11.4 Å². The zero-order chi connectivity index (χ0) is 13.3. The number of carbonyl (C=O) groups excluding carboxylic acids is 1. The van der Waals surface area contributed by atoms with Gasteiger partial charge >= 0.3 is 0 Å². The third kappa shape index (κ3) is 4.79. The standard InChI is InChI=1S/C15H17N3O/c19-15(18-12-14-8-4-5-10-16-14)9-11-17-13-6-2-1-3-7-13/h1-8,10,17H,9,11-12H2,(H,18,19). The maximum atomic E-state index is 11.6. The second-order valence-electron chi connectivity index (χ2n) is 4.14. The number of hydrogen-bond donors (Lipinski definition) is 2. The van der Waals surface area contributed by atoms with Crippen molar-refractivity contribution in [3.05, 3.63) is 60.4 Å². The molecule has 1 aromatic heterocycles. The molecule has 0 aliphatic heterocycles. The van der Waals surface area contributed by atoms with Crippen LogP contribution in [0.4, 0.5) is 5.69 Å². The van der Waals surface area contributed by atoms with Crippen LogP contribution in [0.5, 0.6) is 0 Å². The zero-order valence-corrected chi connectivity index (χ0v) is 10.7. The molecule has 0 bridgehead atoms. The van der Waals surface area contributed by atoms with Crippen LogP contribution in [0.2, 0.25) is 0 Å². The van der Waals surface area contributed by atoms with Gasteiger partial charge in [0.25, 0.3) is 0 Å². The molecule has 1 amide bonds. The molecule has 0 fully saturated rings. The van der Waals surface area contributed by atoms with E-state index >= 15 is 0 Å². The summed E-state index contributed by atoms with van der Waals surface area (Å²) >= 11 is 0. The number of rotatable bonds is 6. The maximum Gasteiger partial charge on any atom is 0.222 e. The molecule has 4 nitrogen and oxygen atoms in total. The number of nitrogens with one attached hydrogen (secondary N) is 2. The van der Waals surface area contributed by atoms with Crippen LogP contribution in [0, 0.1) is 0 Å². The molecule has 1 heterocycles. The number of anilines is 1. The normalized spacial score (nSPS) is 9.89. The molecule has 1 aromatic carbocycles. The van der Waals surface area contributed by atoms with Crippen molar-refractivity contribution in [1.29, 1.82) is 0 Å². The van der Waals surface area contributed by atoms with Gasteiger partial charge in [-0.1, -0.05) is 24.3 Å². The molecule has 98 valence electrons.